The third-order valence-corrected chi connectivity index (χ3v) is 3.09. The van der Waals surface area contributed by atoms with Crippen molar-refractivity contribution in [2.24, 2.45) is 5.73 Å². The fourth-order valence-electron chi connectivity index (χ4n) is 1.87. The van der Waals surface area contributed by atoms with Gasteiger partial charge in [-0.25, -0.2) is 0 Å². The molecule has 0 aliphatic carbocycles. The van der Waals surface area contributed by atoms with Crippen LogP contribution in [0.3, 0.4) is 0 Å². The molecule has 2 aromatic carbocycles. The van der Waals surface area contributed by atoms with E-state index in [0.717, 1.165) is 5.56 Å². The molecule has 2 aromatic rings. The van der Waals surface area contributed by atoms with E-state index in [-0.39, 0.29) is 0 Å². The van der Waals surface area contributed by atoms with Gasteiger partial charge >= 0.3 is 0 Å². The number of methoxy groups -OCH3 is 1. The summed E-state index contributed by atoms with van der Waals surface area (Å²) in [7, 11) is 1.53. The fraction of sp³-hybridized carbons (Fsp3) is 0.188. The average molecular weight is 271 g/mol. The van der Waals surface area contributed by atoms with Crippen LogP contribution in [-0.4, -0.2) is 13.0 Å². The molecule has 0 saturated heterocycles. The summed E-state index contributed by atoms with van der Waals surface area (Å²) in [6, 6.07) is 12.9. The number of nitrogens with two attached hydrogens (primary N) is 1. The number of primary amides is 1. The quantitative estimate of drug-likeness (QED) is 0.909. The van der Waals surface area contributed by atoms with Crippen molar-refractivity contribution in [2.45, 2.75) is 13.5 Å². The van der Waals surface area contributed by atoms with E-state index in [4.69, 9.17) is 15.2 Å². The van der Waals surface area contributed by atoms with Gasteiger partial charge in [0.1, 0.15) is 6.61 Å². The van der Waals surface area contributed by atoms with Crippen molar-refractivity contribution in [1.82, 2.24) is 0 Å². The van der Waals surface area contributed by atoms with Crippen LogP contribution in [0.2, 0.25) is 0 Å². The zero-order chi connectivity index (χ0) is 14.5. The SMILES string of the molecule is COc1cc(C(N)=O)ccc1OCc1ccccc1C. The highest BCUT2D eigenvalue weighted by Crippen LogP contribution is 2.28. The van der Waals surface area contributed by atoms with Crippen LogP contribution in [0.1, 0.15) is 21.5 Å². The molecular weight excluding hydrogens is 254 g/mol. The van der Waals surface area contributed by atoms with Gasteiger partial charge in [-0.05, 0) is 36.2 Å². The lowest BCUT2D eigenvalue weighted by Gasteiger charge is -2.12. The normalized spacial score (nSPS) is 10.1. The van der Waals surface area contributed by atoms with Crippen LogP contribution in [0, 0.1) is 6.92 Å². The summed E-state index contributed by atoms with van der Waals surface area (Å²) >= 11 is 0. The van der Waals surface area contributed by atoms with Crippen LogP contribution in [0.5, 0.6) is 11.5 Å². The number of benzene rings is 2. The van der Waals surface area contributed by atoms with Gasteiger partial charge in [0.25, 0.3) is 0 Å². The highest BCUT2D eigenvalue weighted by Gasteiger charge is 2.09. The molecule has 0 unspecified atom stereocenters. The first-order valence-corrected chi connectivity index (χ1v) is 6.27. The van der Waals surface area contributed by atoms with E-state index < -0.39 is 5.91 Å². The number of carbonyl (C=O) groups is 1. The minimum Gasteiger partial charge on any atom is -0.493 e. The summed E-state index contributed by atoms with van der Waals surface area (Å²) in [6.45, 7) is 2.48. The van der Waals surface area contributed by atoms with E-state index in [9.17, 15) is 4.79 Å². The lowest BCUT2D eigenvalue weighted by atomic mass is 10.1. The van der Waals surface area contributed by atoms with E-state index in [1.165, 1.54) is 12.7 Å². The highest BCUT2D eigenvalue weighted by atomic mass is 16.5. The van der Waals surface area contributed by atoms with Gasteiger partial charge < -0.3 is 15.2 Å². The van der Waals surface area contributed by atoms with Crippen LogP contribution in [0.25, 0.3) is 0 Å². The number of hydrogen-bond acceptors (Lipinski definition) is 3. The third-order valence-electron chi connectivity index (χ3n) is 3.09. The molecule has 4 heteroatoms. The minimum atomic E-state index is -0.492. The van der Waals surface area contributed by atoms with E-state index in [2.05, 4.69) is 0 Å². The molecule has 0 radical (unpaired) electrons. The van der Waals surface area contributed by atoms with Gasteiger partial charge in [0.15, 0.2) is 11.5 Å². The first-order valence-electron chi connectivity index (χ1n) is 6.27. The maximum atomic E-state index is 11.1. The number of aryl methyl sites for hydroxylation is 1. The molecular formula is C16H17NO3. The number of rotatable bonds is 5. The second-order valence-corrected chi connectivity index (χ2v) is 4.45. The smallest absolute Gasteiger partial charge is 0.248 e. The van der Waals surface area contributed by atoms with E-state index in [0.29, 0.717) is 23.7 Å². The van der Waals surface area contributed by atoms with E-state index in [1.807, 2.05) is 31.2 Å². The van der Waals surface area contributed by atoms with Gasteiger partial charge in [0.2, 0.25) is 5.91 Å². The lowest BCUT2D eigenvalue weighted by Crippen LogP contribution is -2.11. The van der Waals surface area contributed by atoms with Crippen LogP contribution in [-0.2, 0) is 6.61 Å². The summed E-state index contributed by atoms with van der Waals surface area (Å²) in [4.78, 5) is 11.1. The molecule has 2 rings (SSSR count). The molecule has 1 amide bonds. The molecule has 0 aromatic heterocycles. The van der Waals surface area contributed by atoms with Gasteiger partial charge in [0, 0.05) is 5.56 Å². The van der Waals surface area contributed by atoms with Crippen molar-refractivity contribution in [3.8, 4) is 11.5 Å². The van der Waals surface area contributed by atoms with Crippen molar-refractivity contribution in [2.75, 3.05) is 7.11 Å². The molecule has 0 aliphatic rings. The monoisotopic (exact) mass is 271 g/mol. The van der Waals surface area contributed by atoms with Gasteiger partial charge in [0.05, 0.1) is 7.11 Å². The standard InChI is InChI=1S/C16H17NO3/c1-11-5-3-4-6-13(11)10-20-14-8-7-12(16(17)18)9-15(14)19-2/h3-9H,10H2,1-2H3,(H2,17,18). The van der Waals surface area contributed by atoms with Gasteiger partial charge in [-0.3, -0.25) is 4.79 Å². The number of carbonyl (C=O) groups excluding carboxylic acids is 1. The Morgan fingerprint density at radius 3 is 2.55 bits per heavy atom. The number of amides is 1. The van der Waals surface area contributed by atoms with Crippen LogP contribution >= 0.6 is 0 Å². The Kier molecular flexibility index (Phi) is 4.25. The topological polar surface area (TPSA) is 61.5 Å². The Morgan fingerprint density at radius 1 is 1.15 bits per heavy atom. The maximum absolute atomic E-state index is 11.1. The van der Waals surface area contributed by atoms with Crippen molar-refractivity contribution in [1.29, 1.82) is 0 Å². The lowest BCUT2D eigenvalue weighted by molar-refractivity contribution is 0.1000. The second kappa shape index (κ2) is 6.10. The molecule has 0 heterocycles. The summed E-state index contributed by atoms with van der Waals surface area (Å²) in [5, 5.41) is 0. The molecule has 20 heavy (non-hydrogen) atoms. The molecule has 4 nitrogen and oxygen atoms in total. The molecule has 0 aliphatic heterocycles. The van der Waals surface area contributed by atoms with Crippen LogP contribution < -0.4 is 15.2 Å². The average Bonchev–Trinajstić information content (AvgIpc) is 2.46. The Balaban J connectivity index is 2.17. The van der Waals surface area contributed by atoms with Gasteiger partial charge in [-0.1, -0.05) is 24.3 Å². The largest absolute Gasteiger partial charge is 0.493 e. The third kappa shape index (κ3) is 3.09. The van der Waals surface area contributed by atoms with E-state index >= 15 is 0 Å². The van der Waals surface area contributed by atoms with Crippen LogP contribution in [0.15, 0.2) is 42.5 Å². The number of hydrogen-bond donors (Lipinski definition) is 1. The molecule has 0 spiro atoms. The van der Waals surface area contributed by atoms with Crippen molar-refractivity contribution < 1.29 is 14.3 Å². The molecule has 0 atom stereocenters. The zero-order valence-corrected chi connectivity index (χ0v) is 11.6. The Labute approximate surface area is 118 Å². The maximum Gasteiger partial charge on any atom is 0.248 e. The van der Waals surface area contributed by atoms with Gasteiger partial charge in [-0.2, -0.15) is 0 Å². The predicted octanol–water partition coefficient (Wildman–Crippen LogP) is 2.68. The fourth-order valence-corrected chi connectivity index (χ4v) is 1.87. The molecule has 2 N–H and O–H groups in total. The number of ether oxygens (including phenoxy) is 2. The molecule has 0 bridgehead atoms. The summed E-state index contributed by atoms with van der Waals surface area (Å²) in [5.74, 6) is 0.587. The van der Waals surface area contributed by atoms with Gasteiger partial charge in [-0.15, -0.1) is 0 Å². The summed E-state index contributed by atoms with van der Waals surface area (Å²) < 4.78 is 11.0. The zero-order valence-electron chi connectivity index (χ0n) is 11.6. The first-order chi connectivity index (χ1) is 9.61. The Hall–Kier alpha value is -2.49. The van der Waals surface area contributed by atoms with Crippen LogP contribution in [0.4, 0.5) is 0 Å². The summed E-state index contributed by atoms with van der Waals surface area (Å²) in [5.41, 5.74) is 7.90. The summed E-state index contributed by atoms with van der Waals surface area (Å²) in [6.07, 6.45) is 0. The van der Waals surface area contributed by atoms with Crippen molar-refractivity contribution in [3.05, 3.63) is 59.2 Å². The first kappa shape index (κ1) is 13.9. The molecule has 104 valence electrons. The van der Waals surface area contributed by atoms with E-state index in [1.54, 1.807) is 18.2 Å². The Morgan fingerprint density at radius 2 is 1.90 bits per heavy atom. The minimum absolute atomic E-state index is 0.394. The highest BCUT2D eigenvalue weighted by molar-refractivity contribution is 5.93. The van der Waals surface area contributed by atoms with Crippen molar-refractivity contribution >= 4 is 5.91 Å². The van der Waals surface area contributed by atoms with Crippen molar-refractivity contribution in [3.63, 3.8) is 0 Å². The second-order valence-electron chi connectivity index (χ2n) is 4.45. The Bertz CT molecular complexity index is 623. The molecule has 0 saturated carbocycles. The predicted molar refractivity (Wildman–Crippen MR) is 77.0 cm³/mol. The molecule has 0 fully saturated rings.